The monoisotopic (exact) mass is 504 g/mol. The molecule has 2 aliphatic heterocycles. The molecule has 2 N–H and O–H groups in total. The lowest BCUT2D eigenvalue weighted by Gasteiger charge is -2.55. The first-order chi connectivity index (χ1) is 12.6. The Morgan fingerprint density at radius 2 is 2.19 bits per heavy atom. The highest BCUT2D eigenvalue weighted by Crippen LogP contribution is 2.52. The number of likely N-dealkylation sites (tertiary alicyclic amines) is 1. The lowest BCUT2D eigenvalue weighted by Crippen LogP contribution is -2.68. The normalized spacial score (nSPS) is 30.9. The van der Waals surface area contributed by atoms with E-state index in [9.17, 15) is 0 Å². The highest BCUT2D eigenvalue weighted by Gasteiger charge is 2.59. The SMILES string of the molecule is CN=C(NCC(c1cccs1)N1CCCC1)NC1C2CCOC2C1(C)C.I. The maximum absolute atomic E-state index is 5.92. The van der Waals surface area contributed by atoms with Crippen molar-refractivity contribution >= 4 is 41.3 Å². The Hall–Kier alpha value is -0.380. The molecule has 152 valence electrons. The van der Waals surface area contributed by atoms with Gasteiger partial charge in [-0.3, -0.25) is 9.89 Å². The second-order valence-electron chi connectivity index (χ2n) is 8.41. The summed E-state index contributed by atoms with van der Waals surface area (Å²) in [5.74, 6) is 1.55. The third-order valence-corrected chi connectivity index (χ3v) is 7.51. The molecule has 0 spiro atoms. The first-order valence-electron chi connectivity index (χ1n) is 9.97. The Morgan fingerprint density at radius 3 is 2.85 bits per heavy atom. The van der Waals surface area contributed by atoms with Gasteiger partial charge in [0.2, 0.25) is 0 Å². The molecule has 0 radical (unpaired) electrons. The van der Waals surface area contributed by atoms with Crippen molar-refractivity contribution in [2.45, 2.75) is 51.3 Å². The fourth-order valence-electron chi connectivity index (χ4n) is 5.10. The van der Waals surface area contributed by atoms with Crippen LogP contribution in [0.15, 0.2) is 22.5 Å². The van der Waals surface area contributed by atoms with Crippen molar-refractivity contribution in [2.24, 2.45) is 16.3 Å². The molecule has 4 unspecified atom stereocenters. The third kappa shape index (κ3) is 4.16. The Kier molecular flexibility index (Phi) is 7.08. The lowest BCUT2D eigenvalue weighted by atomic mass is 9.57. The number of halogens is 1. The van der Waals surface area contributed by atoms with Gasteiger partial charge in [-0.25, -0.2) is 0 Å². The van der Waals surface area contributed by atoms with Crippen molar-refractivity contribution in [3.8, 4) is 0 Å². The van der Waals surface area contributed by atoms with E-state index in [1.807, 2.05) is 18.4 Å². The second kappa shape index (κ2) is 8.97. The van der Waals surface area contributed by atoms with Gasteiger partial charge in [0.15, 0.2) is 5.96 Å². The second-order valence-corrected chi connectivity index (χ2v) is 9.39. The Balaban J connectivity index is 0.00000210. The highest BCUT2D eigenvalue weighted by molar-refractivity contribution is 14.0. The van der Waals surface area contributed by atoms with Crippen LogP contribution in [-0.4, -0.2) is 56.3 Å². The van der Waals surface area contributed by atoms with E-state index in [0.29, 0.717) is 24.1 Å². The molecule has 0 aromatic carbocycles. The number of nitrogens with zero attached hydrogens (tertiary/aromatic N) is 2. The van der Waals surface area contributed by atoms with E-state index in [4.69, 9.17) is 4.74 Å². The fraction of sp³-hybridized carbons (Fsp3) is 0.750. The van der Waals surface area contributed by atoms with E-state index >= 15 is 0 Å². The number of nitrogens with one attached hydrogen (secondary N) is 2. The van der Waals surface area contributed by atoms with Crippen LogP contribution in [0.5, 0.6) is 0 Å². The van der Waals surface area contributed by atoms with Gasteiger partial charge in [0, 0.05) is 42.5 Å². The number of hydrogen-bond acceptors (Lipinski definition) is 4. The number of hydrogen-bond donors (Lipinski definition) is 2. The van der Waals surface area contributed by atoms with Crippen LogP contribution in [-0.2, 0) is 4.74 Å². The Labute approximate surface area is 184 Å². The van der Waals surface area contributed by atoms with Crippen molar-refractivity contribution in [3.63, 3.8) is 0 Å². The molecule has 1 aliphatic carbocycles. The molecule has 4 atom stereocenters. The molecule has 1 aromatic heterocycles. The quantitative estimate of drug-likeness (QED) is 0.366. The smallest absolute Gasteiger partial charge is 0.191 e. The van der Waals surface area contributed by atoms with Gasteiger partial charge in [-0.1, -0.05) is 19.9 Å². The van der Waals surface area contributed by atoms with Gasteiger partial charge in [0.25, 0.3) is 0 Å². The van der Waals surface area contributed by atoms with Crippen molar-refractivity contribution in [2.75, 3.05) is 33.3 Å². The van der Waals surface area contributed by atoms with Gasteiger partial charge in [-0.05, 0) is 43.8 Å². The minimum atomic E-state index is 0. The summed E-state index contributed by atoms with van der Waals surface area (Å²) in [6.07, 6.45) is 4.19. The van der Waals surface area contributed by atoms with Crippen LogP contribution in [0.3, 0.4) is 0 Å². The molecule has 1 aromatic rings. The highest BCUT2D eigenvalue weighted by atomic mass is 127. The summed E-state index contributed by atoms with van der Waals surface area (Å²) in [7, 11) is 1.87. The van der Waals surface area contributed by atoms with E-state index in [1.54, 1.807) is 0 Å². The first-order valence-corrected chi connectivity index (χ1v) is 10.9. The van der Waals surface area contributed by atoms with Crippen molar-refractivity contribution in [3.05, 3.63) is 22.4 Å². The topological polar surface area (TPSA) is 48.9 Å². The minimum Gasteiger partial charge on any atom is -0.377 e. The molecule has 1 saturated carbocycles. The summed E-state index contributed by atoms with van der Waals surface area (Å²) in [5.41, 5.74) is 0.168. The van der Waals surface area contributed by atoms with E-state index in [2.05, 4.69) is 51.9 Å². The summed E-state index contributed by atoms with van der Waals surface area (Å²) in [4.78, 5) is 8.57. The Morgan fingerprint density at radius 1 is 1.41 bits per heavy atom. The zero-order valence-electron chi connectivity index (χ0n) is 16.6. The van der Waals surface area contributed by atoms with Gasteiger partial charge in [-0.2, -0.15) is 0 Å². The van der Waals surface area contributed by atoms with Crippen LogP contribution in [0.4, 0.5) is 0 Å². The standard InChI is InChI=1S/C20H32N4OS.HI/c1-20(2)17(14-8-11-25-18(14)20)23-19(21-3)22-13-15(16-7-6-12-26-16)24-9-4-5-10-24;/h6-7,12,14-15,17-18H,4-5,8-11,13H2,1-3H3,(H2,21,22,23);1H. The summed E-state index contributed by atoms with van der Waals surface area (Å²) in [5, 5.41) is 9.50. The van der Waals surface area contributed by atoms with E-state index in [1.165, 1.54) is 30.8 Å². The van der Waals surface area contributed by atoms with Crippen LogP contribution in [0.1, 0.15) is 44.0 Å². The summed E-state index contributed by atoms with van der Waals surface area (Å²) in [6, 6.07) is 5.30. The zero-order chi connectivity index (χ0) is 18.1. The average Bonchev–Trinajstić information content (AvgIpc) is 3.40. The fourth-order valence-corrected chi connectivity index (χ4v) is 5.96. The lowest BCUT2D eigenvalue weighted by molar-refractivity contribution is -0.106. The third-order valence-electron chi connectivity index (χ3n) is 6.53. The summed E-state index contributed by atoms with van der Waals surface area (Å²) < 4.78 is 5.92. The molecule has 3 fully saturated rings. The van der Waals surface area contributed by atoms with Crippen molar-refractivity contribution in [1.29, 1.82) is 0 Å². The molecule has 0 amide bonds. The molecule has 27 heavy (non-hydrogen) atoms. The van der Waals surface area contributed by atoms with Crippen LogP contribution < -0.4 is 10.6 Å². The predicted octanol–water partition coefficient (Wildman–Crippen LogP) is 3.48. The van der Waals surface area contributed by atoms with Crippen LogP contribution in [0.25, 0.3) is 0 Å². The number of fused-ring (bicyclic) bond motifs is 1. The first kappa shape index (κ1) is 21.3. The maximum atomic E-state index is 5.92. The van der Waals surface area contributed by atoms with Crippen LogP contribution in [0.2, 0.25) is 0 Å². The van der Waals surface area contributed by atoms with Crippen LogP contribution in [0, 0.1) is 11.3 Å². The minimum absolute atomic E-state index is 0. The molecule has 0 bridgehead atoms. The van der Waals surface area contributed by atoms with Gasteiger partial charge >= 0.3 is 0 Å². The van der Waals surface area contributed by atoms with Gasteiger partial charge in [0.1, 0.15) is 0 Å². The molecule has 3 aliphatic rings. The molecule has 4 rings (SSSR count). The van der Waals surface area contributed by atoms with Gasteiger partial charge in [0.05, 0.1) is 12.1 Å². The Bertz CT molecular complexity index is 630. The van der Waals surface area contributed by atoms with Crippen LogP contribution >= 0.6 is 35.3 Å². The molecule has 2 saturated heterocycles. The largest absolute Gasteiger partial charge is 0.377 e. The van der Waals surface area contributed by atoms with E-state index in [0.717, 1.165) is 25.5 Å². The predicted molar refractivity (Wildman–Crippen MR) is 123 cm³/mol. The van der Waals surface area contributed by atoms with E-state index < -0.39 is 0 Å². The van der Waals surface area contributed by atoms with Gasteiger partial charge in [-0.15, -0.1) is 35.3 Å². The number of aliphatic imine (C=N–C) groups is 1. The maximum Gasteiger partial charge on any atom is 0.191 e. The number of thiophene rings is 1. The number of guanidine groups is 1. The molecule has 5 nitrogen and oxygen atoms in total. The van der Waals surface area contributed by atoms with E-state index in [-0.39, 0.29) is 29.4 Å². The molecular formula is C20H33IN4OS. The zero-order valence-corrected chi connectivity index (χ0v) is 19.8. The number of ether oxygens (including phenoxy) is 1. The summed E-state index contributed by atoms with van der Waals surface area (Å²) in [6.45, 7) is 8.82. The molecular weight excluding hydrogens is 471 g/mol. The summed E-state index contributed by atoms with van der Waals surface area (Å²) >= 11 is 1.86. The van der Waals surface area contributed by atoms with Gasteiger partial charge < -0.3 is 15.4 Å². The average molecular weight is 504 g/mol. The van der Waals surface area contributed by atoms with Crippen molar-refractivity contribution < 1.29 is 4.74 Å². The molecule has 3 heterocycles. The number of rotatable bonds is 5. The molecule has 7 heteroatoms. The van der Waals surface area contributed by atoms with Crippen molar-refractivity contribution in [1.82, 2.24) is 15.5 Å².